The number of carbonyl (C=O) groups excluding carboxylic acids is 8. The maximum Gasteiger partial charge on any atom is 0.233 e. The number of unbranched alkanes of at least 4 members (excludes halogenated alkanes) is 6. The first-order chi connectivity index (χ1) is 24.2. The van der Waals surface area contributed by atoms with E-state index in [2.05, 4.69) is 24.3 Å². The third-order valence-electron chi connectivity index (χ3n) is 13.2. The van der Waals surface area contributed by atoms with Gasteiger partial charge in [-0.3, -0.25) is 58.0 Å². The molecule has 12 heteroatoms. The highest BCUT2D eigenvalue weighted by Gasteiger charge is 2.60. The van der Waals surface area contributed by atoms with Crippen LogP contribution in [0.4, 0.5) is 0 Å². The standard InChI is InChI=1S/C38H46N4O8/c43-27-19-25(33(45)39(27)13-5-1-3-7-15-41-35(47)29-21-9-10-22(17-21)30(29)36(41)48)26-20-28(44)40(34(26)46)14-6-2-4-8-16-42-37(49)31-23-11-12-24(18-23)32(31)38(42)50/h9-12,21-26,29-32H,1-8,13-20H2. The minimum absolute atomic E-state index is 0.0360. The van der Waals surface area contributed by atoms with Crippen molar-refractivity contribution in [3.8, 4) is 0 Å². The normalized spacial score (nSPS) is 36.6. The molecule has 0 N–H and O–H groups in total. The fourth-order valence-corrected chi connectivity index (χ4v) is 10.7. The van der Waals surface area contributed by atoms with Crippen LogP contribution in [0.25, 0.3) is 0 Å². The molecule has 8 rings (SSSR count). The molecule has 8 aliphatic rings. The predicted octanol–water partition coefficient (Wildman–Crippen LogP) is 2.47. The van der Waals surface area contributed by atoms with Gasteiger partial charge in [-0.25, -0.2) is 0 Å². The van der Waals surface area contributed by atoms with Crippen molar-refractivity contribution in [2.75, 3.05) is 26.2 Å². The van der Waals surface area contributed by atoms with Gasteiger partial charge in [0.05, 0.1) is 35.5 Å². The average molecular weight is 687 g/mol. The smallest absolute Gasteiger partial charge is 0.233 e. The molecule has 0 aromatic rings. The molecule has 0 aromatic heterocycles. The van der Waals surface area contributed by atoms with Gasteiger partial charge in [-0.2, -0.15) is 0 Å². The number of hydrogen-bond donors (Lipinski definition) is 0. The van der Waals surface area contributed by atoms with Gasteiger partial charge in [0, 0.05) is 39.0 Å². The van der Waals surface area contributed by atoms with Gasteiger partial charge in [0.15, 0.2) is 0 Å². The SMILES string of the molecule is O=C1CC(C2CC(=O)N(CCCCCCN3C(=O)C4C5C=CC(C5)C4C3=O)C2=O)C(=O)N1CCCCCCN1C(=O)C2C3C=CC(C3)C2C1=O. The van der Waals surface area contributed by atoms with E-state index in [-0.39, 0.29) is 121 Å². The average Bonchev–Trinajstić information content (AvgIpc) is 3.98. The van der Waals surface area contributed by atoms with Crippen LogP contribution in [0.3, 0.4) is 0 Å². The van der Waals surface area contributed by atoms with Crippen molar-refractivity contribution in [1.82, 2.24) is 19.6 Å². The van der Waals surface area contributed by atoms with Gasteiger partial charge in [-0.05, 0) is 62.2 Å². The van der Waals surface area contributed by atoms with E-state index in [1.165, 1.54) is 19.6 Å². The number of amides is 8. The maximum absolute atomic E-state index is 13.3. The van der Waals surface area contributed by atoms with Crippen LogP contribution in [-0.4, -0.2) is 93.0 Å². The van der Waals surface area contributed by atoms with Crippen molar-refractivity contribution < 1.29 is 38.4 Å². The van der Waals surface area contributed by atoms with Crippen LogP contribution in [0.2, 0.25) is 0 Å². The van der Waals surface area contributed by atoms with Gasteiger partial charge < -0.3 is 0 Å². The van der Waals surface area contributed by atoms with Gasteiger partial charge in [-0.1, -0.05) is 50.0 Å². The van der Waals surface area contributed by atoms with Crippen molar-refractivity contribution >= 4 is 47.3 Å². The summed E-state index contributed by atoms with van der Waals surface area (Å²) in [6.07, 6.45) is 15.6. The van der Waals surface area contributed by atoms with Crippen LogP contribution < -0.4 is 0 Å². The molecule has 4 aliphatic carbocycles. The molecule has 12 nitrogen and oxygen atoms in total. The molecule has 4 saturated heterocycles. The Balaban J connectivity index is 0.724. The molecule has 4 bridgehead atoms. The Labute approximate surface area is 291 Å². The number of nitrogens with zero attached hydrogens (tertiary/aromatic N) is 4. The van der Waals surface area contributed by atoms with E-state index in [9.17, 15) is 38.4 Å². The fraction of sp³-hybridized carbons (Fsp3) is 0.684. The third kappa shape index (κ3) is 5.30. The summed E-state index contributed by atoms with van der Waals surface area (Å²) >= 11 is 0. The number of rotatable bonds is 15. The number of fused-ring (bicyclic) bond motifs is 10. The van der Waals surface area contributed by atoms with E-state index in [4.69, 9.17) is 0 Å². The lowest BCUT2D eigenvalue weighted by atomic mass is 9.85. The topological polar surface area (TPSA) is 150 Å². The second-order valence-electron chi connectivity index (χ2n) is 15.9. The summed E-state index contributed by atoms with van der Waals surface area (Å²) in [6.45, 7) is 1.31. The Kier molecular flexibility index (Phi) is 8.62. The molecule has 8 amide bonds. The Morgan fingerprint density at radius 3 is 0.960 bits per heavy atom. The zero-order chi connectivity index (χ0) is 34.8. The molecule has 50 heavy (non-hydrogen) atoms. The molecule has 2 saturated carbocycles. The van der Waals surface area contributed by atoms with Gasteiger partial charge in [0.2, 0.25) is 47.3 Å². The molecule has 6 fully saturated rings. The van der Waals surface area contributed by atoms with Crippen LogP contribution >= 0.6 is 0 Å². The summed E-state index contributed by atoms with van der Waals surface area (Å²) in [5.41, 5.74) is 0. The highest BCUT2D eigenvalue weighted by molar-refractivity contribution is 6.10. The first-order valence-electron chi connectivity index (χ1n) is 18.9. The lowest BCUT2D eigenvalue weighted by Gasteiger charge is -2.19. The number of imide groups is 4. The number of hydrogen-bond acceptors (Lipinski definition) is 8. The summed E-state index contributed by atoms with van der Waals surface area (Å²) in [6, 6.07) is 0. The summed E-state index contributed by atoms with van der Waals surface area (Å²) in [5.74, 6) is -3.12. The summed E-state index contributed by atoms with van der Waals surface area (Å²) in [4.78, 5) is 109. The lowest BCUT2D eigenvalue weighted by molar-refractivity contribution is -0.144. The van der Waals surface area contributed by atoms with E-state index >= 15 is 0 Å². The van der Waals surface area contributed by atoms with E-state index < -0.39 is 11.8 Å². The lowest BCUT2D eigenvalue weighted by Crippen LogP contribution is -2.36. The zero-order valence-corrected chi connectivity index (χ0v) is 28.5. The molecule has 0 spiro atoms. The van der Waals surface area contributed by atoms with Gasteiger partial charge in [0.1, 0.15) is 0 Å². The van der Waals surface area contributed by atoms with Crippen LogP contribution in [-0.2, 0) is 38.4 Å². The van der Waals surface area contributed by atoms with E-state index in [0.717, 1.165) is 38.5 Å². The van der Waals surface area contributed by atoms with Crippen molar-refractivity contribution in [3.63, 3.8) is 0 Å². The Bertz CT molecular complexity index is 1430. The second-order valence-corrected chi connectivity index (χ2v) is 15.9. The Morgan fingerprint density at radius 2 is 0.660 bits per heavy atom. The van der Waals surface area contributed by atoms with Crippen LogP contribution in [0, 0.1) is 59.2 Å². The number of likely N-dealkylation sites (tertiary alicyclic amines) is 4. The molecule has 4 aliphatic heterocycles. The van der Waals surface area contributed by atoms with Crippen LogP contribution in [0.15, 0.2) is 24.3 Å². The third-order valence-corrected chi connectivity index (χ3v) is 13.2. The maximum atomic E-state index is 13.3. The number of carbonyl (C=O) groups is 8. The molecular formula is C38H46N4O8. The van der Waals surface area contributed by atoms with E-state index in [1.807, 2.05) is 0 Å². The summed E-state index contributed by atoms with van der Waals surface area (Å²) in [5, 5.41) is 0. The second kappa shape index (κ2) is 13.0. The van der Waals surface area contributed by atoms with Crippen molar-refractivity contribution in [2.45, 2.75) is 77.0 Å². The number of allylic oxidation sites excluding steroid dienone is 4. The monoisotopic (exact) mass is 686 g/mol. The molecule has 4 heterocycles. The quantitative estimate of drug-likeness (QED) is 0.145. The van der Waals surface area contributed by atoms with Crippen molar-refractivity contribution in [3.05, 3.63) is 24.3 Å². The van der Waals surface area contributed by atoms with E-state index in [1.54, 1.807) is 0 Å². The predicted molar refractivity (Wildman–Crippen MR) is 175 cm³/mol. The molecule has 266 valence electrons. The minimum Gasteiger partial charge on any atom is -0.282 e. The summed E-state index contributed by atoms with van der Waals surface area (Å²) < 4.78 is 0. The minimum atomic E-state index is -0.819. The fourth-order valence-electron chi connectivity index (χ4n) is 10.7. The van der Waals surface area contributed by atoms with Gasteiger partial charge >= 0.3 is 0 Å². The van der Waals surface area contributed by atoms with E-state index in [0.29, 0.717) is 38.8 Å². The highest BCUT2D eigenvalue weighted by Crippen LogP contribution is 2.53. The van der Waals surface area contributed by atoms with Gasteiger partial charge in [0.25, 0.3) is 0 Å². The molecule has 10 unspecified atom stereocenters. The van der Waals surface area contributed by atoms with Crippen LogP contribution in [0.5, 0.6) is 0 Å². The Hall–Kier alpha value is -3.96. The first-order valence-corrected chi connectivity index (χ1v) is 18.9. The Morgan fingerprint density at radius 1 is 0.380 bits per heavy atom. The molecule has 10 atom stereocenters. The van der Waals surface area contributed by atoms with Crippen molar-refractivity contribution in [2.24, 2.45) is 59.2 Å². The van der Waals surface area contributed by atoms with Crippen LogP contribution in [0.1, 0.15) is 77.0 Å². The summed E-state index contributed by atoms with van der Waals surface area (Å²) in [7, 11) is 0. The zero-order valence-electron chi connectivity index (χ0n) is 28.5. The highest BCUT2D eigenvalue weighted by atomic mass is 16.2. The largest absolute Gasteiger partial charge is 0.282 e. The van der Waals surface area contributed by atoms with Gasteiger partial charge in [-0.15, -0.1) is 0 Å². The van der Waals surface area contributed by atoms with Crippen molar-refractivity contribution in [1.29, 1.82) is 0 Å². The molecule has 0 aromatic carbocycles. The molecule has 0 radical (unpaired) electrons. The molecular weight excluding hydrogens is 640 g/mol. The first kappa shape index (κ1) is 33.2.